The van der Waals surface area contributed by atoms with Crippen molar-refractivity contribution in [2.45, 2.75) is 51.7 Å². The molecule has 0 aromatic heterocycles. The summed E-state index contributed by atoms with van der Waals surface area (Å²) >= 11 is 0. The Morgan fingerprint density at radius 2 is 1.60 bits per heavy atom. The third-order valence-corrected chi connectivity index (χ3v) is 6.21. The van der Waals surface area contributed by atoms with Gasteiger partial charge in [0.2, 0.25) is 11.8 Å². The molecule has 0 radical (unpaired) electrons. The second kappa shape index (κ2) is 9.00. The molecule has 158 valence electrons. The molecule has 2 aliphatic rings. The Morgan fingerprint density at radius 1 is 0.967 bits per heavy atom. The highest BCUT2D eigenvalue weighted by Crippen LogP contribution is 2.26. The number of benzene rings is 2. The molecule has 2 aromatic carbocycles. The molecule has 1 fully saturated rings. The number of hydrogen-bond donors (Lipinski definition) is 0. The van der Waals surface area contributed by atoms with E-state index in [1.165, 1.54) is 11.1 Å². The Labute approximate surface area is 179 Å². The molecule has 0 saturated carbocycles. The number of fused-ring (bicyclic) bond motifs is 1. The van der Waals surface area contributed by atoms with E-state index in [1.54, 1.807) is 0 Å². The molecule has 2 heterocycles. The van der Waals surface area contributed by atoms with E-state index in [2.05, 4.69) is 17.0 Å². The molecule has 2 aliphatic heterocycles. The minimum atomic E-state index is -0.272. The van der Waals surface area contributed by atoms with E-state index >= 15 is 0 Å². The van der Waals surface area contributed by atoms with Crippen LogP contribution in [0, 0.1) is 0 Å². The van der Waals surface area contributed by atoms with Gasteiger partial charge in [-0.25, -0.2) is 0 Å². The number of amides is 2. The average Bonchev–Trinajstić information content (AvgIpc) is 3.28. The Hall–Kier alpha value is -2.66. The number of rotatable bonds is 5. The maximum Gasteiger partial charge on any atom is 0.241 e. The highest BCUT2D eigenvalue weighted by molar-refractivity contribution is 5.95. The van der Waals surface area contributed by atoms with Gasteiger partial charge in [-0.15, -0.1) is 0 Å². The molecular weight excluding hydrogens is 374 g/mol. The highest BCUT2D eigenvalue weighted by atomic mass is 16.2. The van der Waals surface area contributed by atoms with Crippen LogP contribution in [0.3, 0.4) is 0 Å². The normalized spacial score (nSPS) is 19.0. The van der Waals surface area contributed by atoms with Crippen LogP contribution in [-0.2, 0) is 22.6 Å². The van der Waals surface area contributed by atoms with Crippen molar-refractivity contribution in [1.82, 2.24) is 9.80 Å². The smallest absolute Gasteiger partial charge is 0.241 e. The Bertz CT molecular complexity index is 890. The fraction of sp³-hybridized carbons (Fsp3) is 0.440. The first kappa shape index (κ1) is 20.6. The number of anilines is 1. The Kier molecular flexibility index (Phi) is 6.18. The first-order valence-corrected chi connectivity index (χ1v) is 11.0. The van der Waals surface area contributed by atoms with E-state index < -0.39 is 0 Å². The van der Waals surface area contributed by atoms with Gasteiger partial charge in [-0.1, -0.05) is 42.5 Å². The first-order chi connectivity index (χ1) is 14.5. The van der Waals surface area contributed by atoms with Crippen LogP contribution in [0.5, 0.6) is 0 Å². The van der Waals surface area contributed by atoms with Gasteiger partial charge in [0.25, 0.3) is 0 Å². The van der Waals surface area contributed by atoms with Crippen LogP contribution in [-0.4, -0.2) is 53.3 Å². The van der Waals surface area contributed by atoms with E-state index in [1.807, 2.05) is 66.1 Å². The third-order valence-electron chi connectivity index (χ3n) is 6.21. The average molecular weight is 406 g/mol. The number of hydrogen-bond acceptors (Lipinski definition) is 3. The first-order valence-electron chi connectivity index (χ1n) is 11.0. The zero-order valence-corrected chi connectivity index (χ0v) is 18.0. The molecule has 0 N–H and O–H groups in total. The molecule has 1 saturated heterocycles. The second-order valence-corrected chi connectivity index (χ2v) is 8.62. The van der Waals surface area contributed by atoms with Gasteiger partial charge < -0.3 is 9.80 Å². The van der Waals surface area contributed by atoms with E-state index in [0.717, 1.165) is 31.6 Å². The lowest BCUT2D eigenvalue weighted by molar-refractivity contribution is -0.137. The standard InChI is InChI=1S/C25H31N3O2/c1-19(2)28(22-12-4-3-5-13-22)24(29)18-27-17-21-11-7-6-10-20(21)16-23(27)25(30)26-14-8-9-15-26/h3-7,10-13,19,23H,8-9,14-18H2,1-2H3. The molecule has 0 bridgehead atoms. The largest absolute Gasteiger partial charge is 0.341 e. The number of likely N-dealkylation sites (tertiary alicyclic amines) is 1. The van der Waals surface area contributed by atoms with E-state index in [0.29, 0.717) is 13.0 Å². The predicted octanol–water partition coefficient (Wildman–Crippen LogP) is 3.48. The van der Waals surface area contributed by atoms with Gasteiger partial charge in [-0.2, -0.15) is 0 Å². The third kappa shape index (κ3) is 4.26. The van der Waals surface area contributed by atoms with Crippen LogP contribution in [0.1, 0.15) is 37.8 Å². The monoisotopic (exact) mass is 405 g/mol. The fourth-order valence-corrected chi connectivity index (χ4v) is 4.70. The summed E-state index contributed by atoms with van der Waals surface area (Å²) < 4.78 is 0. The van der Waals surface area contributed by atoms with E-state index in [-0.39, 0.29) is 30.4 Å². The number of nitrogens with zero attached hydrogens (tertiary/aromatic N) is 3. The van der Waals surface area contributed by atoms with Crippen LogP contribution < -0.4 is 4.90 Å². The van der Waals surface area contributed by atoms with Gasteiger partial charge in [-0.05, 0) is 56.4 Å². The Balaban J connectivity index is 1.59. The summed E-state index contributed by atoms with van der Waals surface area (Å²) in [6.45, 7) is 6.60. The van der Waals surface area contributed by atoms with Crippen molar-refractivity contribution in [3.05, 3.63) is 65.7 Å². The molecule has 30 heavy (non-hydrogen) atoms. The van der Waals surface area contributed by atoms with Crippen molar-refractivity contribution in [3.8, 4) is 0 Å². The quantitative estimate of drug-likeness (QED) is 0.765. The number of carbonyl (C=O) groups is 2. The fourth-order valence-electron chi connectivity index (χ4n) is 4.70. The molecular formula is C25H31N3O2. The lowest BCUT2D eigenvalue weighted by atomic mass is 9.93. The van der Waals surface area contributed by atoms with E-state index in [9.17, 15) is 9.59 Å². The Morgan fingerprint density at radius 3 is 2.27 bits per heavy atom. The minimum absolute atomic E-state index is 0.0369. The van der Waals surface area contributed by atoms with Crippen LogP contribution in [0.15, 0.2) is 54.6 Å². The molecule has 0 aliphatic carbocycles. The summed E-state index contributed by atoms with van der Waals surface area (Å²) in [5.74, 6) is 0.209. The van der Waals surface area contributed by atoms with Crippen LogP contribution in [0.4, 0.5) is 5.69 Å². The van der Waals surface area contributed by atoms with Crippen LogP contribution in [0.2, 0.25) is 0 Å². The van der Waals surface area contributed by atoms with Crippen molar-refractivity contribution in [1.29, 1.82) is 0 Å². The van der Waals surface area contributed by atoms with Crippen molar-refractivity contribution in [3.63, 3.8) is 0 Å². The molecule has 5 heteroatoms. The van der Waals surface area contributed by atoms with Gasteiger partial charge in [0.1, 0.15) is 0 Å². The van der Waals surface area contributed by atoms with Gasteiger partial charge in [-0.3, -0.25) is 14.5 Å². The van der Waals surface area contributed by atoms with Crippen LogP contribution in [0.25, 0.3) is 0 Å². The highest BCUT2D eigenvalue weighted by Gasteiger charge is 2.36. The summed E-state index contributed by atoms with van der Waals surface area (Å²) in [5, 5.41) is 0. The van der Waals surface area contributed by atoms with Gasteiger partial charge in [0.05, 0.1) is 12.6 Å². The minimum Gasteiger partial charge on any atom is -0.341 e. The summed E-state index contributed by atoms with van der Waals surface area (Å²) in [7, 11) is 0. The van der Waals surface area contributed by atoms with E-state index in [4.69, 9.17) is 0 Å². The molecule has 2 aromatic rings. The van der Waals surface area contributed by atoms with Gasteiger partial charge >= 0.3 is 0 Å². The SMILES string of the molecule is CC(C)N(C(=O)CN1Cc2ccccc2CC1C(=O)N1CCCC1)c1ccccc1. The number of para-hydroxylation sites is 1. The number of carbonyl (C=O) groups excluding carboxylic acids is 2. The van der Waals surface area contributed by atoms with Gasteiger partial charge in [0.15, 0.2) is 0 Å². The van der Waals surface area contributed by atoms with Crippen molar-refractivity contribution in [2.75, 3.05) is 24.5 Å². The maximum absolute atomic E-state index is 13.4. The summed E-state index contributed by atoms with van der Waals surface area (Å²) in [5.41, 5.74) is 3.34. The molecule has 1 unspecified atom stereocenters. The topological polar surface area (TPSA) is 43.9 Å². The summed E-state index contributed by atoms with van der Waals surface area (Å²) in [6.07, 6.45) is 2.82. The lowest BCUT2D eigenvalue weighted by Crippen LogP contribution is -2.54. The van der Waals surface area contributed by atoms with Crippen molar-refractivity contribution < 1.29 is 9.59 Å². The van der Waals surface area contributed by atoms with Gasteiger partial charge in [0, 0.05) is 31.4 Å². The predicted molar refractivity (Wildman–Crippen MR) is 119 cm³/mol. The lowest BCUT2D eigenvalue weighted by Gasteiger charge is -2.39. The second-order valence-electron chi connectivity index (χ2n) is 8.62. The summed E-state index contributed by atoms with van der Waals surface area (Å²) in [6, 6.07) is 17.9. The molecule has 2 amide bonds. The maximum atomic E-state index is 13.4. The molecule has 5 nitrogen and oxygen atoms in total. The molecule has 0 spiro atoms. The van der Waals surface area contributed by atoms with Crippen molar-refractivity contribution in [2.24, 2.45) is 0 Å². The van der Waals surface area contributed by atoms with Crippen LogP contribution >= 0.6 is 0 Å². The van der Waals surface area contributed by atoms with Crippen molar-refractivity contribution >= 4 is 17.5 Å². The zero-order chi connectivity index (χ0) is 21.1. The molecule has 4 rings (SSSR count). The molecule has 1 atom stereocenters. The zero-order valence-electron chi connectivity index (χ0n) is 18.0. The summed E-state index contributed by atoms with van der Waals surface area (Å²) in [4.78, 5) is 32.7.